The molecule has 1 aromatic rings. The van der Waals surface area contributed by atoms with Crippen molar-refractivity contribution >= 4 is 11.9 Å². The first-order valence-electron chi connectivity index (χ1n) is 5.56. The molecule has 0 aromatic carbocycles. The third-order valence-corrected chi connectivity index (χ3v) is 2.77. The number of imidazole rings is 1. The highest BCUT2D eigenvalue weighted by Crippen LogP contribution is 2.04. The van der Waals surface area contributed by atoms with Gasteiger partial charge in [0.1, 0.15) is 6.04 Å². The molecule has 0 bridgehead atoms. The van der Waals surface area contributed by atoms with Crippen LogP contribution in [0.25, 0.3) is 0 Å². The van der Waals surface area contributed by atoms with E-state index in [-0.39, 0.29) is 12.3 Å². The molecule has 1 rings (SSSR count). The topological polar surface area (TPSA) is 107 Å². The summed E-state index contributed by atoms with van der Waals surface area (Å²) in [4.78, 5) is 29.6. The smallest absolute Gasteiger partial charge is 0.326 e. The SMILES string of the molecule is CNC(C)(C)C(=O)NC(Cc1cnc[nH]1)C(=O)O. The zero-order chi connectivity index (χ0) is 13.8. The van der Waals surface area contributed by atoms with Gasteiger partial charge in [0.2, 0.25) is 5.91 Å². The lowest BCUT2D eigenvalue weighted by Gasteiger charge is -2.25. The van der Waals surface area contributed by atoms with Gasteiger partial charge in [-0.2, -0.15) is 0 Å². The van der Waals surface area contributed by atoms with Gasteiger partial charge in [-0.3, -0.25) is 4.79 Å². The number of amides is 1. The van der Waals surface area contributed by atoms with E-state index in [1.54, 1.807) is 20.9 Å². The van der Waals surface area contributed by atoms with Gasteiger partial charge < -0.3 is 20.7 Å². The first-order chi connectivity index (χ1) is 8.36. The molecular weight excluding hydrogens is 236 g/mol. The molecular formula is C11H18N4O3. The number of aromatic nitrogens is 2. The number of carboxylic acids is 1. The number of hydrogen-bond acceptors (Lipinski definition) is 4. The Balaban J connectivity index is 2.70. The molecule has 1 unspecified atom stereocenters. The van der Waals surface area contributed by atoms with E-state index < -0.39 is 17.6 Å². The predicted molar refractivity (Wildman–Crippen MR) is 65.0 cm³/mol. The number of H-pyrrole nitrogens is 1. The van der Waals surface area contributed by atoms with E-state index >= 15 is 0 Å². The van der Waals surface area contributed by atoms with Crippen molar-refractivity contribution in [2.24, 2.45) is 0 Å². The van der Waals surface area contributed by atoms with Crippen LogP contribution in [0.4, 0.5) is 0 Å². The van der Waals surface area contributed by atoms with Crippen molar-refractivity contribution in [3.05, 3.63) is 18.2 Å². The standard InChI is InChI=1S/C11H18N4O3/c1-11(2,12-3)10(18)15-8(9(16)17)4-7-5-13-6-14-7/h5-6,8,12H,4H2,1-3H3,(H,13,14)(H,15,18)(H,16,17). The van der Waals surface area contributed by atoms with Gasteiger partial charge in [-0.15, -0.1) is 0 Å². The van der Waals surface area contributed by atoms with Crippen LogP contribution in [-0.2, 0) is 16.0 Å². The van der Waals surface area contributed by atoms with Gasteiger partial charge in [0.15, 0.2) is 0 Å². The molecule has 1 aromatic heterocycles. The maximum absolute atomic E-state index is 11.9. The lowest BCUT2D eigenvalue weighted by molar-refractivity contribution is -0.142. The Labute approximate surface area is 105 Å². The quantitative estimate of drug-likeness (QED) is 0.548. The fourth-order valence-electron chi connectivity index (χ4n) is 1.27. The highest BCUT2D eigenvalue weighted by molar-refractivity contribution is 5.89. The second-order valence-corrected chi connectivity index (χ2v) is 4.52. The lowest BCUT2D eigenvalue weighted by Crippen LogP contribution is -2.55. The van der Waals surface area contributed by atoms with E-state index in [0.717, 1.165) is 0 Å². The monoisotopic (exact) mass is 254 g/mol. The molecule has 1 heterocycles. The number of nitrogens with zero attached hydrogens (tertiary/aromatic N) is 1. The average molecular weight is 254 g/mol. The van der Waals surface area contributed by atoms with Gasteiger partial charge in [0, 0.05) is 18.3 Å². The van der Waals surface area contributed by atoms with Crippen LogP contribution >= 0.6 is 0 Å². The first kappa shape index (κ1) is 14.2. The molecule has 0 aliphatic carbocycles. The Kier molecular flexibility index (Phi) is 4.43. The fraction of sp³-hybridized carbons (Fsp3) is 0.545. The summed E-state index contributed by atoms with van der Waals surface area (Å²) in [6, 6.07) is -0.981. The van der Waals surface area contributed by atoms with Crippen molar-refractivity contribution in [1.29, 1.82) is 0 Å². The number of hydrogen-bond donors (Lipinski definition) is 4. The number of aliphatic carboxylic acids is 1. The summed E-state index contributed by atoms with van der Waals surface area (Å²) in [6.07, 6.45) is 3.17. The zero-order valence-corrected chi connectivity index (χ0v) is 10.7. The number of carbonyl (C=O) groups is 2. The van der Waals surface area contributed by atoms with Crippen LogP contribution in [0.15, 0.2) is 12.5 Å². The van der Waals surface area contributed by atoms with Crippen LogP contribution in [-0.4, -0.2) is 45.6 Å². The minimum Gasteiger partial charge on any atom is -0.480 e. The van der Waals surface area contributed by atoms with E-state index in [9.17, 15) is 9.59 Å². The summed E-state index contributed by atoms with van der Waals surface area (Å²) in [5.41, 5.74) is -0.160. The minimum absolute atomic E-state index is 0.168. The molecule has 0 radical (unpaired) electrons. The first-order valence-corrected chi connectivity index (χ1v) is 5.56. The van der Waals surface area contributed by atoms with E-state index in [4.69, 9.17) is 5.11 Å². The average Bonchev–Trinajstić information content (AvgIpc) is 2.80. The summed E-state index contributed by atoms with van der Waals surface area (Å²) in [7, 11) is 1.64. The normalized spacial score (nSPS) is 13.1. The summed E-state index contributed by atoms with van der Waals surface area (Å²) in [6.45, 7) is 3.36. The maximum Gasteiger partial charge on any atom is 0.326 e. The second-order valence-electron chi connectivity index (χ2n) is 4.52. The van der Waals surface area contributed by atoms with E-state index in [1.165, 1.54) is 12.5 Å². The Bertz CT molecular complexity index is 414. The Hall–Kier alpha value is -1.89. The summed E-state index contributed by atoms with van der Waals surface area (Å²) in [5.74, 6) is -1.44. The summed E-state index contributed by atoms with van der Waals surface area (Å²) < 4.78 is 0. The largest absolute Gasteiger partial charge is 0.480 e. The van der Waals surface area contributed by atoms with Crippen molar-refractivity contribution in [2.75, 3.05) is 7.05 Å². The van der Waals surface area contributed by atoms with Crippen LogP contribution in [0.3, 0.4) is 0 Å². The van der Waals surface area contributed by atoms with Crippen LogP contribution in [0.1, 0.15) is 19.5 Å². The van der Waals surface area contributed by atoms with Gasteiger partial charge in [-0.1, -0.05) is 0 Å². The molecule has 7 nitrogen and oxygen atoms in total. The molecule has 7 heteroatoms. The van der Waals surface area contributed by atoms with Gasteiger partial charge in [0.25, 0.3) is 0 Å². The number of nitrogens with one attached hydrogen (secondary N) is 3. The lowest BCUT2D eigenvalue weighted by atomic mass is 10.0. The van der Waals surface area contributed by atoms with Crippen molar-refractivity contribution in [2.45, 2.75) is 31.8 Å². The maximum atomic E-state index is 11.9. The number of carboxylic acid groups (broad SMARTS) is 1. The Morgan fingerprint density at radius 3 is 2.67 bits per heavy atom. The van der Waals surface area contributed by atoms with Crippen molar-refractivity contribution < 1.29 is 14.7 Å². The highest BCUT2D eigenvalue weighted by Gasteiger charge is 2.30. The number of carbonyl (C=O) groups excluding carboxylic acids is 1. The molecule has 1 atom stereocenters. The molecule has 0 saturated heterocycles. The number of rotatable bonds is 6. The Morgan fingerprint density at radius 1 is 1.56 bits per heavy atom. The molecule has 0 aliphatic heterocycles. The van der Waals surface area contributed by atoms with Gasteiger partial charge >= 0.3 is 5.97 Å². The fourth-order valence-corrected chi connectivity index (χ4v) is 1.27. The van der Waals surface area contributed by atoms with Gasteiger partial charge in [0.05, 0.1) is 11.9 Å². The van der Waals surface area contributed by atoms with Gasteiger partial charge in [-0.05, 0) is 20.9 Å². The van der Waals surface area contributed by atoms with Crippen molar-refractivity contribution in [3.63, 3.8) is 0 Å². The van der Waals surface area contributed by atoms with Crippen LogP contribution in [0.5, 0.6) is 0 Å². The summed E-state index contributed by atoms with van der Waals surface area (Å²) in [5, 5.41) is 14.4. The van der Waals surface area contributed by atoms with E-state index in [0.29, 0.717) is 5.69 Å². The van der Waals surface area contributed by atoms with Crippen molar-refractivity contribution in [3.8, 4) is 0 Å². The predicted octanol–water partition coefficient (Wildman–Crippen LogP) is -0.480. The molecule has 0 saturated carbocycles. The number of aromatic amines is 1. The molecule has 1 amide bonds. The summed E-state index contributed by atoms with van der Waals surface area (Å²) >= 11 is 0. The van der Waals surface area contributed by atoms with E-state index in [1.807, 2.05) is 0 Å². The van der Waals surface area contributed by atoms with E-state index in [2.05, 4.69) is 20.6 Å². The number of likely N-dealkylation sites (N-methyl/N-ethyl adjacent to an activating group) is 1. The molecule has 0 aliphatic rings. The third kappa shape index (κ3) is 3.56. The second kappa shape index (κ2) is 5.63. The van der Waals surface area contributed by atoms with Gasteiger partial charge in [-0.25, -0.2) is 9.78 Å². The zero-order valence-electron chi connectivity index (χ0n) is 10.7. The highest BCUT2D eigenvalue weighted by atomic mass is 16.4. The third-order valence-electron chi connectivity index (χ3n) is 2.77. The Morgan fingerprint density at radius 2 is 2.22 bits per heavy atom. The van der Waals surface area contributed by atoms with Crippen LogP contribution < -0.4 is 10.6 Å². The molecule has 4 N–H and O–H groups in total. The van der Waals surface area contributed by atoms with Crippen LogP contribution in [0.2, 0.25) is 0 Å². The molecule has 100 valence electrons. The molecule has 0 fully saturated rings. The molecule has 18 heavy (non-hydrogen) atoms. The minimum atomic E-state index is -1.08. The molecule has 0 spiro atoms. The van der Waals surface area contributed by atoms with Crippen LogP contribution in [0, 0.1) is 0 Å². The van der Waals surface area contributed by atoms with Crippen molar-refractivity contribution in [1.82, 2.24) is 20.6 Å².